The molecule has 2 aromatic carbocycles. The van der Waals surface area contributed by atoms with Gasteiger partial charge < -0.3 is 4.74 Å². The van der Waals surface area contributed by atoms with Crippen molar-refractivity contribution in [3.63, 3.8) is 0 Å². The highest BCUT2D eigenvalue weighted by atomic mass is 35.5. The summed E-state index contributed by atoms with van der Waals surface area (Å²) in [6.45, 7) is 2.23. The Hall–Kier alpha value is -1.80. The number of halogens is 1. The van der Waals surface area contributed by atoms with Gasteiger partial charge in [0.15, 0.2) is 0 Å². The number of ether oxygens (including phenoxy) is 1. The van der Waals surface area contributed by atoms with Crippen LogP contribution in [0.1, 0.15) is 56.1 Å². The Kier molecular flexibility index (Phi) is 4.09. The van der Waals surface area contributed by atoms with Crippen LogP contribution in [0.4, 0.5) is 0 Å². The van der Waals surface area contributed by atoms with E-state index in [4.69, 9.17) is 16.3 Å². The summed E-state index contributed by atoms with van der Waals surface area (Å²) < 4.78 is 6.09. The molecule has 5 rings (SSSR count). The topological polar surface area (TPSA) is 26.3 Å². The lowest BCUT2D eigenvalue weighted by atomic mass is 9.55. The predicted molar refractivity (Wildman–Crippen MR) is 108 cm³/mol. The summed E-state index contributed by atoms with van der Waals surface area (Å²) >= 11 is 5.97. The molecule has 0 unspecified atom stereocenters. The van der Waals surface area contributed by atoms with Crippen molar-refractivity contribution in [2.45, 2.75) is 51.4 Å². The van der Waals surface area contributed by atoms with Crippen molar-refractivity contribution in [3.05, 3.63) is 58.6 Å². The van der Waals surface area contributed by atoms with Gasteiger partial charge in [-0.05, 0) is 97.4 Å². The second-order valence-corrected chi connectivity index (χ2v) is 9.19. The lowest BCUT2D eigenvalue weighted by molar-refractivity contribution is -0.129. The smallest absolute Gasteiger partial charge is 0.139 e. The molecule has 2 nitrogen and oxygen atoms in total. The average Bonchev–Trinajstić information content (AvgIpc) is 2.98. The molecule has 4 atom stereocenters. The number of Topliss-reactive ketones (excluding diaryl/α,β-unsaturated/α-hetero) is 1. The first-order valence-electron chi connectivity index (χ1n) is 10.1. The van der Waals surface area contributed by atoms with Gasteiger partial charge in [-0.3, -0.25) is 4.79 Å². The lowest BCUT2D eigenvalue weighted by Crippen LogP contribution is -2.42. The Bertz CT molecular complexity index is 888. The van der Waals surface area contributed by atoms with Gasteiger partial charge in [0.2, 0.25) is 0 Å². The maximum Gasteiger partial charge on any atom is 0.139 e. The number of aryl methyl sites for hydroxylation is 1. The highest BCUT2D eigenvalue weighted by Gasteiger charge is 2.54. The summed E-state index contributed by atoms with van der Waals surface area (Å²) in [5.74, 6) is 4.01. The molecular weight excluding hydrogens is 356 g/mol. The molecule has 0 aliphatic heterocycles. The minimum Gasteiger partial charge on any atom is -0.457 e. The fourth-order valence-electron chi connectivity index (χ4n) is 6.02. The van der Waals surface area contributed by atoms with E-state index in [1.165, 1.54) is 17.5 Å². The van der Waals surface area contributed by atoms with E-state index in [1.54, 1.807) is 0 Å². The third-order valence-corrected chi connectivity index (χ3v) is 7.71. The van der Waals surface area contributed by atoms with Gasteiger partial charge in [0, 0.05) is 16.9 Å². The standard InChI is InChI=1S/C24H25ClO2/c1-24-13-12-19-20(22(24)10-11-23(24)26)9-3-15-2-6-18(14-21(15)19)27-17-7-4-16(25)5-8-17/h2,4-8,14,19-20,22H,3,9-13H2,1H3/t19-,20+,22-,24-/m0/s1. The van der Waals surface area contributed by atoms with Gasteiger partial charge >= 0.3 is 0 Å². The summed E-state index contributed by atoms with van der Waals surface area (Å²) in [6, 6.07) is 14.1. The van der Waals surface area contributed by atoms with Gasteiger partial charge in [-0.2, -0.15) is 0 Å². The Morgan fingerprint density at radius 2 is 1.78 bits per heavy atom. The number of carbonyl (C=O) groups excluding carboxylic acids is 1. The van der Waals surface area contributed by atoms with Crippen molar-refractivity contribution in [3.8, 4) is 11.5 Å². The first-order valence-corrected chi connectivity index (χ1v) is 10.5. The molecule has 0 bridgehead atoms. The van der Waals surface area contributed by atoms with Crippen LogP contribution < -0.4 is 4.74 Å². The van der Waals surface area contributed by atoms with E-state index >= 15 is 0 Å². The van der Waals surface area contributed by atoms with E-state index < -0.39 is 0 Å². The number of hydrogen-bond donors (Lipinski definition) is 0. The molecule has 27 heavy (non-hydrogen) atoms. The molecule has 0 aromatic heterocycles. The van der Waals surface area contributed by atoms with Crippen LogP contribution in [-0.4, -0.2) is 5.78 Å². The molecule has 0 radical (unpaired) electrons. The van der Waals surface area contributed by atoms with Crippen LogP contribution in [0.5, 0.6) is 11.5 Å². The van der Waals surface area contributed by atoms with Crippen molar-refractivity contribution in [2.75, 3.05) is 0 Å². The molecule has 0 heterocycles. The van der Waals surface area contributed by atoms with E-state index in [9.17, 15) is 4.79 Å². The van der Waals surface area contributed by atoms with Crippen molar-refractivity contribution in [2.24, 2.45) is 17.3 Å². The monoisotopic (exact) mass is 380 g/mol. The Morgan fingerprint density at radius 1 is 1.00 bits per heavy atom. The van der Waals surface area contributed by atoms with E-state index in [0.29, 0.717) is 28.6 Å². The fraction of sp³-hybridized carbons (Fsp3) is 0.458. The number of hydrogen-bond acceptors (Lipinski definition) is 2. The molecule has 2 saturated carbocycles. The van der Waals surface area contributed by atoms with Crippen molar-refractivity contribution in [1.29, 1.82) is 0 Å². The van der Waals surface area contributed by atoms with Crippen LogP contribution in [0.15, 0.2) is 42.5 Å². The van der Waals surface area contributed by atoms with Crippen molar-refractivity contribution < 1.29 is 9.53 Å². The second kappa shape index (κ2) is 6.38. The first-order chi connectivity index (χ1) is 13.0. The fourth-order valence-corrected chi connectivity index (χ4v) is 6.14. The number of fused-ring (bicyclic) bond motifs is 5. The predicted octanol–water partition coefficient (Wildman–Crippen LogP) is 6.56. The maximum absolute atomic E-state index is 12.5. The third-order valence-electron chi connectivity index (χ3n) is 7.46. The zero-order valence-corrected chi connectivity index (χ0v) is 16.5. The van der Waals surface area contributed by atoms with E-state index in [2.05, 4.69) is 25.1 Å². The molecule has 0 spiro atoms. The second-order valence-electron chi connectivity index (χ2n) is 8.75. The molecule has 3 heteroatoms. The Balaban J connectivity index is 1.44. The Morgan fingerprint density at radius 3 is 2.59 bits per heavy atom. The molecule has 0 N–H and O–H groups in total. The first kappa shape index (κ1) is 17.3. The summed E-state index contributed by atoms with van der Waals surface area (Å²) in [6.07, 6.45) is 6.39. The van der Waals surface area contributed by atoms with Gasteiger partial charge in [-0.25, -0.2) is 0 Å². The minimum atomic E-state index is -0.0594. The number of rotatable bonds is 2. The van der Waals surface area contributed by atoms with E-state index in [1.807, 2.05) is 24.3 Å². The molecule has 2 aromatic rings. The molecule has 140 valence electrons. The SMILES string of the molecule is C[C@]12CC[C@@H]3c4cc(Oc5ccc(Cl)cc5)ccc4CC[C@H]3[C@@H]1CCC2=O. The average molecular weight is 381 g/mol. The van der Waals surface area contributed by atoms with Gasteiger partial charge in [0.25, 0.3) is 0 Å². The molecule has 3 aliphatic carbocycles. The van der Waals surface area contributed by atoms with Crippen LogP contribution in [0.25, 0.3) is 0 Å². The third kappa shape index (κ3) is 2.81. The number of benzene rings is 2. The van der Waals surface area contributed by atoms with Gasteiger partial charge in [-0.15, -0.1) is 0 Å². The summed E-state index contributed by atoms with van der Waals surface area (Å²) in [7, 11) is 0. The maximum atomic E-state index is 12.5. The number of carbonyl (C=O) groups is 1. The summed E-state index contributed by atoms with van der Waals surface area (Å²) in [5.41, 5.74) is 2.86. The molecule has 2 fully saturated rings. The molecule has 3 aliphatic rings. The van der Waals surface area contributed by atoms with E-state index in [0.717, 1.165) is 43.6 Å². The minimum absolute atomic E-state index is 0.0594. The molecule has 0 amide bonds. The quantitative estimate of drug-likeness (QED) is 0.589. The highest BCUT2D eigenvalue weighted by molar-refractivity contribution is 6.30. The molecular formula is C24H25ClO2. The summed E-state index contributed by atoms with van der Waals surface area (Å²) in [4.78, 5) is 12.5. The van der Waals surface area contributed by atoms with Crippen LogP contribution in [0.2, 0.25) is 5.02 Å². The van der Waals surface area contributed by atoms with Crippen LogP contribution in [0.3, 0.4) is 0 Å². The zero-order valence-electron chi connectivity index (χ0n) is 15.7. The Labute approximate surface area is 165 Å². The highest BCUT2D eigenvalue weighted by Crippen LogP contribution is 2.59. The van der Waals surface area contributed by atoms with Crippen LogP contribution >= 0.6 is 11.6 Å². The molecule has 0 saturated heterocycles. The van der Waals surface area contributed by atoms with E-state index in [-0.39, 0.29) is 5.41 Å². The normalized spacial score (nSPS) is 31.8. The van der Waals surface area contributed by atoms with Crippen molar-refractivity contribution >= 4 is 17.4 Å². The zero-order chi connectivity index (χ0) is 18.6. The van der Waals surface area contributed by atoms with Crippen LogP contribution in [-0.2, 0) is 11.2 Å². The van der Waals surface area contributed by atoms with Crippen LogP contribution in [0, 0.1) is 17.3 Å². The van der Waals surface area contributed by atoms with Gasteiger partial charge in [0.05, 0.1) is 0 Å². The number of ketones is 1. The van der Waals surface area contributed by atoms with Crippen molar-refractivity contribution in [1.82, 2.24) is 0 Å². The lowest BCUT2D eigenvalue weighted by Gasteiger charge is -2.48. The summed E-state index contributed by atoms with van der Waals surface area (Å²) in [5, 5.41) is 0.715. The largest absolute Gasteiger partial charge is 0.457 e. The van der Waals surface area contributed by atoms with Gasteiger partial charge in [-0.1, -0.05) is 24.6 Å². The van der Waals surface area contributed by atoms with Gasteiger partial charge in [0.1, 0.15) is 17.3 Å².